The first-order chi connectivity index (χ1) is 15.1. The van der Waals surface area contributed by atoms with Gasteiger partial charge in [0.1, 0.15) is 18.1 Å². The predicted molar refractivity (Wildman–Crippen MR) is 134 cm³/mol. The fourth-order valence-electron chi connectivity index (χ4n) is 3.48. The molecule has 5 nitrogen and oxygen atoms in total. The van der Waals surface area contributed by atoms with E-state index in [0.717, 1.165) is 33.4 Å². The van der Waals surface area contributed by atoms with Gasteiger partial charge in [0.2, 0.25) is 5.62 Å². The molecule has 0 saturated carbocycles. The Morgan fingerprint density at radius 3 is 1.91 bits per heavy atom. The van der Waals surface area contributed by atoms with E-state index in [1.54, 1.807) is 0 Å². The quantitative estimate of drug-likeness (QED) is 0.255. The molecule has 0 aliphatic rings. The summed E-state index contributed by atoms with van der Waals surface area (Å²) in [5.74, 6) is 1.62. The van der Waals surface area contributed by atoms with Crippen LogP contribution in [-0.2, 0) is 13.1 Å². The van der Waals surface area contributed by atoms with Crippen LogP contribution in [0.15, 0.2) is 77.3 Å². The molecule has 4 aromatic rings. The van der Waals surface area contributed by atoms with Crippen molar-refractivity contribution in [1.82, 2.24) is 9.13 Å². The molecule has 0 spiro atoms. The van der Waals surface area contributed by atoms with Crippen molar-refractivity contribution in [1.29, 1.82) is 5.41 Å². The molecule has 0 aliphatic heterocycles. The molecule has 1 heterocycles. The van der Waals surface area contributed by atoms with E-state index in [1.807, 2.05) is 75.9 Å². The molecule has 1 aromatic heterocycles. The van der Waals surface area contributed by atoms with Crippen molar-refractivity contribution in [3.63, 3.8) is 0 Å². The maximum absolute atomic E-state index is 8.72. The zero-order chi connectivity index (χ0) is 21.6. The summed E-state index contributed by atoms with van der Waals surface area (Å²) in [5, 5.41) is 9.41. The van der Waals surface area contributed by atoms with Gasteiger partial charge in [0.05, 0.1) is 24.2 Å². The number of ether oxygens (including phenoxy) is 2. The minimum Gasteiger partial charge on any atom is -0.494 e. The summed E-state index contributed by atoms with van der Waals surface area (Å²) in [4.78, 5) is 0. The normalized spacial score (nSPS) is 10.7. The second-order valence-corrected chi connectivity index (χ2v) is 8.43. The summed E-state index contributed by atoms with van der Waals surface area (Å²) >= 11 is 9.34. The zero-order valence-corrected chi connectivity index (χ0v) is 20.5. The van der Waals surface area contributed by atoms with Gasteiger partial charge >= 0.3 is 0 Å². The Morgan fingerprint density at radius 1 is 0.750 bits per heavy atom. The van der Waals surface area contributed by atoms with Gasteiger partial charge in [0.15, 0.2) is 0 Å². The lowest BCUT2D eigenvalue weighted by Crippen LogP contribution is -2.27. The van der Waals surface area contributed by atoms with Crippen molar-refractivity contribution in [3.05, 3.63) is 87.9 Å². The van der Waals surface area contributed by atoms with Gasteiger partial charge in [-0.1, -0.05) is 39.7 Å². The van der Waals surface area contributed by atoms with Gasteiger partial charge in [-0.15, -0.1) is 12.4 Å². The summed E-state index contributed by atoms with van der Waals surface area (Å²) in [6, 6.07) is 23.2. The fraction of sp³-hybridized carbons (Fsp3) is 0.208. The van der Waals surface area contributed by atoms with Crippen molar-refractivity contribution in [2.24, 2.45) is 0 Å². The van der Waals surface area contributed by atoms with Gasteiger partial charge in [-0.05, 0) is 67.1 Å². The van der Waals surface area contributed by atoms with Gasteiger partial charge in [-0.2, -0.15) is 0 Å². The highest BCUT2D eigenvalue weighted by atomic mass is 79.9. The molecule has 1 N–H and O–H groups in total. The minimum atomic E-state index is 0. The van der Waals surface area contributed by atoms with Crippen LogP contribution in [0.5, 0.6) is 11.5 Å². The van der Waals surface area contributed by atoms with E-state index in [9.17, 15) is 0 Å². The number of aromatic nitrogens is 2. The number of aryl methyl sites for hydroxylation is 1. The van der Waals surface area contributed by atoms with Crippen LogP contribution >= 0.6 is 39.9 Å². The van der Waals surface area contributed by atoms with Gasteiger partial charge in [0.25, 0.3) is 0 Å². The highest BCUT2D eigenvalue weighted by Gasteiger charge is 2.10. The van der Waals surface area contributed by atoms with Gasteiger partial charge < -0.3 is 18.6 Å². The third-order valence-electron chi connectivity index (χ3n) is 4.98. The molecule has 4 rings (SSSR count). The Labute approximate surface area is 206 Å². The van der Waals surface area contributed by atoms with E-state index in [2.05, 4.69) is 22.0 Å². The van der Waals surface area contributed by atoms with Crippen LogP contribution in [0.2, 0.25) is 5.02 Å². The molecule has 0 saturated heterocycles. The molecule has 0 fully saturated rings. The monoisotopic (exact) mass is 535 g/mol. The smallest absolute Gasteiger partial charge is 0.203 e. The molecular formula is C24H24BrCl2N3O2. The fourth-order valence-corrected chi connectivity index (χ4v) is 3.87. The minimum absolute atomic E-state index is 0. The van der Waals surface area contributed by atoms with Crippen LogP contribution in [0.1, 0.15) is 6.42 Å². The highest BCUT2D eigenvalue weighted by molar-refractivity contribution is 9.10. The van der Waals surface area contributed by atoms with Crippen LogP contribution in [0.3, 0.4) is 0 Å². The molecular weight excluding hydrogens is 513 g/mol. The van der Waals surface area contributed by atoms with Crippen molar-refractivity contribution in [2.45, 2.75) is 19.5 Å². The molecule has 0 amide bonds. The van der Waals surface area contributed by atoms with Crippen LogP contribution in [0, 0.1) is 5.41 Å². The SMILES string of the molecule is Cl.N=c1n(CCCOc2ccc(Cl)cc2)c2ccccc2n1CCOc1ccc(Br)cc1. The molecule has 3 aromatic carbocycles. The number of hydrogen-bond acceptors (Lipinski definition) is 3. The second-order valence-electron chi connectivity index (χ2n) is 7.07. The molecule has 0 unspecified atom stereocenters. The number of nitrogens with zero attached hydrogens (tertiary/aromatic N) is 2. The number of para-hydroxylation sites is 2. The molecule has 0 bridgehead atoms. The Bertz CT molecular complexity index is 1200. The van der Waals surface area contributed by atoms with E-state index in [4.69, 9.17) is 26.5 Å². The van der Waals surface area contributed by atoms with Crippen molar-refractivity contribution in [3.8, 4) is 11.5 Å². The van der Waals surface area contributed by atoms with E-state index >= 15 is 0 Å². The lowest BCUT2D eigenvalue weighted by molar-refractivity contribution is 0.292. The van der Waals surface area contributed by atoms with E-state index in [1.165, 1.54) is 0 Å². The highest BCUT2D eigenvalue weighted by Crippen LogP contribution is 2.18. The number of halogens is 3. The van der Waals surface area contributed by atoms with Crippen LogP contribution in [0.25, 0.3) is 11.0 Å². The van der Waals surface area contributed by atoms with E-state index in [0.29, 0.717) is 36.9 Å². The summed E-state index contributed by atoms with van der Waals surface area (Å²) in [5.41, 5.74) is 2.54. The Balaban J connectivity index is 0.00000289. The van der Waals surface area contributed by atoms with Crippen LogP contribution in [0.4, 0.5) is 0 Å². The van der Waals surface area contributed by atoms with Gasteiger partial charge in [-0.3, -0.25) is 5.41 Å². The first-order valence-corrected chi connectivity index (χ1v) is 11.3. The number of nitrogens with one attached hydrogen (secondary N) is 1. The number of fused-ring (bicyclic) bond motifs is 1. The average Bonchev–Trinajstić information content (AvgIpc) is 3.05. The largest absolute Gasteiger partial charge is 0.494 e. The number of benzene rings is 3. The summed E-state index contributed by atoms with van der Waals surface area (Å²) < 4.78 is 16.7. The Kier molecular flexibility index (Phi) is 8.67. The Morgan fingerprint density at radius 2 is 1.28 bits per heavy atom. The first-order valence-electron chi connectivity index (χ1n) is 10.1. The maximum Gasteiger partial charge on any atom is 0.203 e. The molecule has 32 heavy (non-hydrogen) atoms. The van der Waals surface area contributed by atoms with Crippen molar-refractivity contribution < 1.29 is 9.47 Å². The van der Waals surface area contributed by atoms with E-state index in [-0.39, 0.29) is 12.4 Å². The third kappa shape index (κ3) is 5.88. The zero-order valence-electron chi connectivity index (χ0n) is 17.3. The van der Waals surface area contributed by atoms with Crippen molar-refractivity contribution in [2.75, 3.05) is 13.2 Å². The van der Waals surface area contributed by atoms with E-state index < -0.39 is 0 Å². The molecule has 0 atom stereocenters. The summed E-state index contributed by atoms with van der Waals surface area (Å²) in [6.45, 7) is 2.36. The van der Waals surface area contributed by atoms with Crippen LogP contribution < -0.4 is 15.1 Å². The number of hydrogen-bond donors (Lipinski definition) is 1. The number of rotatable bonds is 9. The third-order valence-corrected chi connectivity index (χ3v) is 5.76. The average molecular weight is 537 g/mol. The second kappa shape index (κ2) is 11.5. The van der Waals surface area contributed by atoms with Gasteiger partial charge in [0, 0.05) is 16.0 Å². The predicted octanol–water partition coefficient (Wildman–Crippen LogP) is 6.31. The molecule has 168 valence electrons. The number of imidazole rings is 1. The molecule has 0 aliphatic carbocycles. The lowest BCUT2D eigenvalue weighted by atomic mass is 10.3. The molecule has 0 radical (unpaired) electrons. The summed E-state index contributed by atoms with van der Waals surface area (Å²) in [6.07, 6.45) is 0.794. The lowest BCUT2D eigenvalue weighted by Gasteiger charge is -2.08. The maximum atomic E-state index is 8.72. The van der Waals surface area contributed by atoms with Crippen LogP contribution in [-0.4, -0.2) is 22.3 Å². The van der Waals surface area contributed by atoms with Gasteiger partial charge in [-0.25, -0.2) is 0 Å². The first kappa shape index (κ1) is 24.2. The summed E-state index contributed by atoms with van der Waals surface area (Å²) in [7, 11) is 0. The standard InChI is InChI=1S/C24H23BrClN3O2.ClH/c25-18-6-10-20(11-7-18)31-17-15-29-23-5-2-1-4-22(23)28(24(29)27)14-3-16-30-21-12-8-19(26)9-13-21;/h1-2,4-13,27H,3,14-17H2;1H. The topological polar surface area (TPSA) is 52.2 Å². The van der Waals surface area contributed by atoms with Crippen molar-refractivity contribution >= 4 is 51.0 Å². The molecule has 8 heteroatoms. The Hall–Kier alpha value is -2.41.